The van der Waals surface area contributed by atoms with Crippen molar-refractivity contribution >= 4 is 11.9 Å². The molecule has 1 fully saturated rings. The van der Waals surface area contributed by atoms with Gasteiger partial charge in [-0.2, -0.15) is 0 Å². The molecule has 0 saturated carbocycles. The molecule has 2 aromatic rings. The number of imidazole rings is 1. The van der Waals surface area contributed by atoms with E-state index in [9.17, 15) is 9.59 Å². The van der Waals surface area contributed by atoms with Crippen LogP contribution in [0.4, 0.5) is 0 Å². The molecule has 1 aliphatic heterocycles. The lowest BCUT2D eigenvalue weighted by atomic mass is 10.1. The summed E-state index contributed by atoms with van der Waals surface area (Å²) in [6, 6.07) is 5.66. The summed E-state index contributed by atoms with van der Waals surface area (Å²) >= 11 is 0. The summed E-state index contributed by atoms with van der Waals surface area (Å²) in [4.78, 5) is 29.5. The number of nitrogens with zero attached hydrogens (tertiary/aromatic N) is 3. The molecule has 6 nitrogen and oxygen atoms in total. The Hall–Kier alpha value is -2.63. The Balaban J connectivity index is 1.93. The highest BCUT2D eigenvalue weighted by atomic mass is 16.4. The number of hydrogen-bond acceptors (Lipinski definition) is 3. The zero-order valence-electron chi connectivity index (χ0n) is 12.3. The molecule has 0 bridgehead atoms. The van der Waals surface area contributed by atoms with Crippen LogP contribution in [0.2, 0.25) is 0 Å². The molecule has 0 radical (unpaired) electrons. The van der Waals surface area contributed by atoms with Crippen molar-refractivity contribution in [2.45, 2.75) is 13.3 Å². The normalized spacial score (nSPS) is 17.7. The molecule has 1 aromatic carbocycles. The van der Waals surface area contributed by atoms with Gasteiger partial charge in [0.2, 0.25) is 0 Å². The number of likely N-dealkylation sites (tertiary alicyclic amines) is 1. The minimum Gasteiger partial charge on any atom is -0.481 e. The summed E-state index contributed by atoms with van der Waals surface area (Å²) in [5.41, 5.74) is 2.32. The molecule has 114 valence electrons. The molecule has 0 aliphatic carbocycles. The average molecular weight is 299 g/mol. The second-order valence-corrected chi connectivity index (χ2v) is 5.57. The van der Waals surface area contributed by atoms with Crippen LogP contribution in [0.3, 0.4) is 0 Å². The Morgan fingerprint density at radius 1 is 1.36 bits per heavy atom. The molecule has 0 spiro atoms. The lowest BCUT2D eigenvalue weighted by Crippen LogP contribution is -2.30. The monoisotopic (exact) mass is 299 g/mol. The molecule has 22 heavy (non-hydrogen) atoms. The van der Waals surface area contributed by atoms with Gasteiger partial charge in [0.25, 0.3) is 5.91 Å². The third-order valence-corrected chi connectivity index (χ3v) is 3.99. The summed E-state index contributed by atoms with van der Waals surface area (Å²) in [6.45, 7) is 2.68. The Bertz CT molecular complexity index is 709. The maximum atomic E-state index is 12.8. The van der Waals surface area contributed by atoms with Crippen molar-refractivity contribution in [2.24, 2.45) is 5.92 Å². The van der Waals surface area contributed by atoms with Crippen LogP contribution in [0.1, 0.15) is 22.3 Å². The number of hydrogen-bond donors (Lipinski definition) is 1. The van der Waals surface area contributed by atoms with Gasteiger partial charge in [0.05, 0.1) is 23.5 Å². The van der Waals surface area contributed by atoms with Crippen molar-refractivity contribution in [1.29, 1.82) is 0 Å². The minimum atomic E-state index is -0.839. The molecule has 1 amide bonds. The number of carbonyl (C=O) groups is 2. The zero-order chi connectivity index (χ0) is 15.7. The van der Waals surface area contributed by atoms with Crippen LogP contribution >= 0.6 is 0 Å². The second kappa shape index (κ2) is 5.63. The van der Waals surface area contributed by atoms with Crippen molar-refractivity contribution in [3.63, 3.8) is 0 Å². The first-order valence-corrected chi connectivity index (χ1v) is 7.17. The summed E-state index contributed by atoms with van der Waals surface area (Å²) in [5.74, 6) is -1.43. The topological polar surface area (TPSA) is 75.4 Å². The summed E-state index contributed by atoms with van der Waals surface area (Å²) in [6.07, 6.45) is 5.59. The number of aromatic nitrogens is 2. The van der Waals surface area contributed by atoms with Crippen molar-refractivity contribution in [1.82, 2.24) is 14.5 Å². The largest absolute Gasteiger partial charge is 0.481 e. The molecule has 1 saturated heterocycles. The lowest BCUT2D eigenvalue weighted by molar-refractivity contribution is -0.141. The molecule has 1 aliphatic rings. The SMILES string of the molecule is Cc1ccc(-n2ccnc2)c(C(=O)N2CC[C@@H](C(=O)O)C2)c1. The zero-order valence-corrected chi connectivity index (χ0v) is 12.3. The van der Waals surface area contributed by atoms with Gasteiger partial charge in [0.1, 0.15) is 0 Å². The molecule has 3 rings (SSSR count). The molecule has 1 atom stereocenters. The van der Waals surface area contributed by atoms with Crippen molar-refractivity contribution < 1.29 is 14.7 Å². The van der Waals surface area contributed by atoms with Gasteiger partial charge in [0.15, 0.2) is 0 Å². The van der Waals surface area contributed by atoms with E-state index in [-0.39, 0.29) is 12.5 Å². The van der Waals surface area contributed by atoms with Crippen molar-refractivity contribution in [3.8, 4) is 5.69 Å². The number of rotatable bonds is 3. The number of carboxylic acid groups (broad SMARTS) is 1. The van der Waals surface area contributed by atoms with Crippen LogP contribution in [0.5, 0.6) is 0 Å². The summed E-state index contributed by atoms with van der Waals surface area (Å²) in [7, 11) is 0. The quantitative estimate of drug-likeness (QED) is 0.936. The fraction of sp³-hybridized carbons (Fsp3) is 0.312. The van der Waals surface area contributed by atoms with Crippen LogP contribution in [0, 0.1) is 12.8 Å². The smallest absolute Gasteiger partial charge is 0.308 e. The Morgan fingerprint density at radius 2 is 2.18 bits per heavy atom. The molecule has 0 unspecified atom stereocenters. The van der Waals surface area contributed by atoms with E-state index >= 15 is 0 Å². The maximum absolute atomic E-state index is 12.8. The van der Waals surface area contributed by atoms with E-state index in [1.165, 1.54) is 0 Å². The van der Waals surface area contributed by atoms with E-state index in [2.05, 4.69) is 4.98 Å². The first kappa shape index (κ1) is 14.3. The minimum absolute atomic E-state index is 0.129. The van der Waals surface area contributed by atoms with E-state index in [0.717, 1.165) is 11.3 Å². The highest BCUT2D eigenvalue weighted by Crippen LogP contribution is 2.23. The number of carbonyl (C=O) groups excluding carboxylic acids is 1. The second-order valence-electron chi connectivity index (χ2n) is 5.57. The fourth-order valence-electron chi connectivity index (χ4n) is 2.76. The Kier molecular flexibility index (Phi) is 3.66. The van der Waals surface area contributed by atoms with Gasteiger partial charge >= 0.3 is 5.97 Å². The van der Waals surface area contributed by atoms with E-state index in [0.29, 0.717) is 18.5 Å². The van der Waals surface area contributed by atoms with Crippen molar-refractivity contribution in [2.75, 3.05) is 13.1 Å². The van der Waals surface area contributed by atoms with E-state index in [1.54, 1.807) is 28.2 Å². The summed E-state index contributed by atoms with van der Waals surface area (Å²) in [5, 5.41) is 9.08. The first-order valence-electron chi connectivity index (χ1n) is 7.17. The number of amides is 1. The van der Waals surface area contributed by atoms with Crippen LogP contribution in [0.25, 0.3) is 5.69 Å². The highest BCUT2D eigenvalue weighted by Gasteiger charge is 2.32. The molecule has 1 aromatic heterocycles. The predicted molar refractivity (Wildman–Crippen MR) is 79.9 cm³/mol. The van der Waals surface area contributed by atoms with Crippen LogP contribution in [-0.4, -0.2) is 44.5 Å². The van der Waals surface area contributed by atoms with Gasteiger partial charge < -0.3 is 14.6 Å². The van der Waals surface area contributed by atoms with Gasteiger partial charge in [-0.05, 0) is 25.5 Å². The summed E-state index contributed by atoms with van der Waals surface area (Å²) < 4.78 is 1.79. The van der Waals surface area contributed by atoms with E-state index in [1.807, 2.05) is 25.1 Å². The predicted octanol–water partition coefficient (Wildman–Crippen LogP) is 1.73. The van der Waals surface area contributed by atoms with Gasteiger partial charge in [-0.1, -0.05) is 11.6 Å². The number of carboxylic acids is 1. The number of aryl methyl sites for hydroxylation is 1. The van der Waals surface area contributed by atoms with E-state index < -0.39 is 11.9 Å². The third-order valence-electron chi connectivity index (χ3n) is 3.99. The van der Waals surface area contributed by atoms with Crippen molar-refractivity contribution in [3.05, 3.63) is 48.0 Å². The molecule has 2 heterocycles. The number of aliphatic carboxylic acids is 1. The van der Waals surface area contributed by atoms with Crippen LogP contribution in [-0.2, 0) is 4.79 Å². The number of benzene rings is 1. The van der Waals surface area contributed by atoms with E-state index in [4.69, 9.17) is 5.11 Å². The van der Waals surface area contributed by atoms with Crippen LogP contribution in [0.15, 0.2) is 36.9 Å². The standard InChI is InChI=1S/C16H17N3O3/c1-11-2-3-14(19-7-5-17-10-19)13(8-11)15(20)18-6-4-12(9-18)16(21)22/h2-3,5,7-8,10,12H,4,6,9H2,1H3,(H,21,22)/t12-/m1/s1. The average Bonchev–Trinajstić information content (AvgIpc) is 3.18. The Labute approximate surface area is 128 Å². The maximum Gasteiger partial charge on any atom is 0.308 e. The fourth-order valence-corrected chi connectivity index (χ4v) is 2.76. The molecule has 6 heteroatoms. The molecular weight excluding hydrogens is 282 g/mol. The Morgan fingerprint density at radius 3 is 2.82 bits per heavy atom. The van der Waals surface area contributed by atoms with Crippen LogP contribution < -0.4 is 0 Å². The van der Waals surface area contributed by atoms with Gasteiger partial charge in [-0.15, -0.1) is 0 Å². The van der Waals surface area contributed by atoms with Gasteiger partial charge in [-0.3, -0.25) is 9.59 Å². The first-order chi connectivity index (χ1) is 10.6. The van der Waals surface area contributed by atoms with Gasteiger partial charge in [0, 0.05) is 25.5 Å². The van der Waals surface area contributed by atoms with Gasteiger partial charge in [-0.25, -0.2) is 4.98 Å². The lowest BCUT2D eigenvalue weighted by Gasteiger charge is -2.19. The molecule has 1 N–H and O–H groups in total. The highest BCUT2D eigenvalue weighted by molar-refractivity contribution is 5.98. The third kappa shape index (κ3) is 2.59. The molecular formula is C16H17N3O3.